The van der Waals surface area contributed by atoms with Crippen LogP contribution in [-0.2, 0) is 0 Å². The molecule has 1 fully saturated rings. The maximum atomic E-state index is 13.1. The second kappa shape index (κ2) is 8.39. The van der Waals surface area contributed by atoms with Gasteiger partial charge in [-0.3, -0.25) is 4.79 Å². The number of carbonyl (C=O) groups excluding carboxylic acids is 1. The Kier molecular flexibility index (Phi) is 5.51. The average molecular weight is 391 g/mol. The predicted molar refractivity (Wildman–Crippen MR) is 111 cm³/mol. The van der Waals surface area contributed by atoms with Crippen LogP contribution in [0.1, 0.15) is 34.9 Å². The minimum Gasteiger partial charge on any atom is -0.497 e. The SMILES string of the molecule is COc1ccc(OCCN(C)C(=O)c2cc(C3CC3)nn2-c2ccccc2)cc1. The van der Waals surface area contributed by atoms with Crippen molar-refractivity contribution in [2.75, 3.05) is 27.3 Å². The molecule has 0 aliphatic heterocycles. The standard InChI is InChI=1S/C23H25N3O3/c1-25(14-15-29-20-12-10-19(28-2)11-13-20)23(27)22-16-21(17-8-9-17)24-26(22)18-6-4-3-5-7-18/h3-7,10-13,16-17H,8-9,14-15H2,1-2H3. The lowest BCUT2D eigenvalue weighted by molar-refractivity contribution is 0.0765. The molecule has 150 valence electrons. The molecular weight excluding hydrogens is 366 g/mol. The molecule has 4 rings (SSSR count). The van der Waals surface area contributed by atoms with Crippen molar-refractivity contribution in [3.05, 3.63) is 72.1 Å². The Labute approximate surface area is 170 Å². The molecule has 1 aliphatic rings. The van der Waals surface area contributed by atoms with Crippen LogP contribution in [0.2, 0.25) is 0 Å². The summed E-state index contributed by atoms with van der Waals surface area (Å²) in [6, 6.07) is 19.1. The lowest BCUT2D eigenvalue weighted by atomic mass is 10.2. The number of hydrogen-bond donors (Lipinski definition) is 0. The summed E-state index contributed by atoms with van der Waals surface area (Å²) >= 11 is 0. The molecular formula is C23H25N3O3. The second-order valence-electron chi connectivity index (χ2n) is 7.23. The van der Waals surface area contributed by atoms with Crippen LogP contribution in [0, 0.1) is 0 Å². The first-order valence-electron chi connectivity index (χ1n) is 9.83. The minimum absolute atomic E-state index is 0.0633. The van der Waals surface area contributed by atoms with Crippen molar-refractivity contribution < 1.29 is 14.3 Å². The first-order chi connectivity index (χ1) is 14.2. The van der Waals surface area contributed by atoms with Crippen LogP contribution in [0.3, 0.4) is 0 Å². The van der Waals surface area contributed by atoms with E-state index in [0.29, 0.717) is 24.8 Å². The largest absolute Gasteiger partial charge is 0.497 e. The fourth-order valence-electron chi connectivity index (χ4n) is 3.17. The maximum Gasteiger partial charge on any atom is 0.272 e. The Hall–Kier alpha value is -3.28. The molecule has 6 heteroatoms. The van der Waals surface area contributed by atoms with Crippen molar-refractivity contribution in [1.82, 2.24) is 14.7 Å². The molecule has 1 heterocycles. The Balaban J connectivity index is 1.44. The Morgan fingerprint density at radius 3 is 2.45 bits per heavy atom. The minimum atomic E-state index is -0.0633. The van der Waals surface area contributed by atoms with E-state index in [4.69, 9.17) is 14.6 Å². The average Bonchev–Trinajstić information content (AvgIpc) is 3.52. The van der Waals surface area contributed by atoms with Gasteiger partial charge in [-0.05, 0) is 55.3 Å². The lowest BCUT2D eigenvalue weighted by Crippen LogP contribution is -2.32. The number of hydrogen-bond acceptors (Lipinski definition) is 4. The molecule has 0 atom stereocenters. The van der Waals surface area contributed by atoms with E-state index in [0.717, 1.165) is 35.7 Å². The zero-order valence-corrected chi connectivity index (χ0v) is 16.7. The number of nitrogens with zero attached hydrogens (tertiary/aromatic N) is 3. The summed E-state index contributed by atoms with van der Waals surface area (Å²) in [5.41, 5.74) is 2.48. The molecule has 29 heavy (non-hydrogen) atoms. The highest BCUT2D eigenvalue weighted by Gasteiger charge is 2.29. The van der Waals surface area contributed by atoms with Gasteiger partial charge < -0.3 is 14.4 Å². The molecule has 1 saturated carbocycles. The first kappa shape index (κ1) is 19.1. The normalized spacial score (nSPS) is 13.2. The third kappa shape index (κ3) is 4.42. The summed E-state index contributed by atoms with van der Waals surface area (Å²) in [6.45, 7) is 0.882. The van der Waals surface area contributed by atoms with Crippen molar-refractivity contribution in [3.8, 4) is 17.2 Å². The van der Waals surface area contributed by atoms with Crippen molar-refractivity contribution in [2.24, 2.45) is 0 Å². The fraction of sp³-hybridized carbons (Fsp3) is 0.304. The van der Waals surface area contributed by atoms with Gasteiger partial charge in [0.15, 0.2) is 0 Å². The van der Waals surface area contributed by atoms with Gasteiger partial charge in [0.25, 0.3) is 5.91 Å². The van der Waals surface area contributed by atoms with Gasteiger partial charge in [0.1, 0.15) is 23.8 Å². The number of carbonyl (C=O) groups is 1. The molecule has 0 spiro atoms. The number of para-hydroxylation sites is 1. The molecule has 0 unspecified atom stereocenters. The highest BCUT2D eigenvalue weighted by Crippen LogP contribution is 2.39. The summed E-state index contributed by atoms with van der Waals surface area (Å²) < 4.78 is 12.7. The van der Waals surface area contributed by atoms with Crippen LogP contribution in [0.5, 0.6) is 11.5 Å². The number of likely N-dealkylation sites (N-methyl/N-ethyl adjacent to an activating group) is 1. The van der Waals surface area contributed by atoms with E-state index < -0.39 is 0 Å². The molecule has 0 radical (unpaired) electrons. The van der Waals surface area contributed by atoms with E-state index in [9.17, 15) is 4.79 Å². The topological polar surface area (TPSA) is 56.6 Å². The van der Waals surface area contributed by atoms with Gasteiger partial charge in [-0.2, -0.15) is 5.10 Å². The van der Waals surface area contributed by atoms with E-state index in [2.05, 4.69) is 0 Å². The van der Waals surface area contributed by atoms with Crippen LogP contribution in [0.15, 0.2) is 60.7 Å². The van der Waals surface area contributed by atoms with Crippen LogP contribution in [0.4, 0.5) is 0 Å². The van der Waals surface area contributed by atoms with Crippen LogP contribution in [-0.4, -0.2) is 47.9 Å². The zero-order chi connectivity index (χ0) is 20.2. The summed E-state index contributed by atoms with van der Waals surface area (Å²) in [4.78, 5) is 14.8. The van der Waals surface area contributed by atoms with Crippen LogP contribution < -0.4 is 9.47 Å². The molecule has 0 N–H and O–H groups in total. The molecule has 6 nitrogen and oxygen atoms in total. The van der Waals surface area contributed by atoms with Crippen molar-refractivity contribution in [1.29, 1.82) is 0 Å². The van der Waals surface area contributed by atoms with E-state index in [1.165, 1.54) is 0 Å². The molecule has 0 saturated heterocycles. The van der Waals surface area contributed by atoms with E-state index >= 15 is 0 Å². The quantitative estimate of drug-likeness (QED) is 0.584. The van der Waals surface area contributed by atoms with Gasteiger partial charge in [-0.15, -0.1) is 0 Å². The number of ether oxygens (including phenoxy) is 2. The molecule has 0 bridgehead atoms. The van der Waals surface area contributed by atoms with Crippen molar-refractivity contribution in [2.45, 2.75) is 18.8 Å². The van der Waals surface area contributed by atoms with Crippen LogP contribution >= 0.6 is 0 Å². The lowest BCUT2D eigenvalue weighted by Gasteiger charge is -2.18. The van der Waals surface area contributed by atoms with Crippen LogP contribution in [0.25, 0.3) is 5.69 Å². The third-order valence-corrected chi connectivity index (χ3v) is 5.05. The molecule has 1 aromatic heterocycles. The number of methoxy groups -OCH3 is 1. The van der Waals surface area contributed by atoms with Gasteiger partial charge in [0.2, 0.25) is 0 Å². The Bertz CT molecular complexity index is 963. The molecule has 1 amide bonds. The highest BCUT2D eigenvalue weighted by atomic mass is 16.5. The molecule has 2 aromatic carbocycles. The third-order valence-electron chi connectivity index (χ3n) is 5.05. The highest BCUT2D eigenvalue weighted by molar-refractivity contribution is 5.93. The summed E-state index contributed by atoms with van der Waals surface area (Å²) in [6.07, 6.45) is 2.29. The smallest absolute Gasteiger partial charge is 0.272 e. The monoisotopic (exact) mass is 391 g/mol. The number of rotatable bonds is 8. The fourth-order valence-corrected chi connectivity index (χ4v) is 3.17. The number of aromatic nitrogens is 2. The van der Waals surface area contributed by atoms with Gasteiger partial charge in [-0.1, -0.05) is 18.2 Å². The molecule has 3 aromatic rings. The van der Waals surface area contributed by atoms with Crippen molar-refractivity contribution >= 4 is 5.91 Å². The zero-order valence-electron chi connectivity index (χ0n) is 16.7. The number of amides is 1. The first-order valence-corrected chi connectivity index (χ1v) is 9.83. The second-order valence-corrected chi connectivity index (χ2v) is 7.23. The van der Waals surface area contributed by atoms with E-state index in [1.54, 1.807) is 23.7 Å². The van der Waals surface area contributed by atoms with E-state index in [-0.39, 0.29) is 5.91 Å². The molecule has 1 aliphatic carbocycles. The summed E-state index contributed by atoms with van der Waals surface area (Å²) in [5, 5.41) is 4.72. The van der Waals surface area contributed by atoms with E-state index in [1.807, 2.05) is 60.7 Å². The Morgan fingerprint density at radius 1 is 1.10 bits per heavy atom. The number of benzene rings is 2. The Morgan fingerprint density at radius 2 is 1.79 bits per heavy atom. The van der Waals surface area contributed by atoms with Gasteiger partial charge in [-0.25, -0.2) is 4.68 Å². The predicted octanol–water partition coefficient (Wildman–Crippen LogP) is 3.91. The summed E-state index contributed by atoms with van der Waals surface area (Å²) in [7, 11) is 3.42. The summed E-state index contributed by atoms with van der Waals surface area (Å²) in [5.74, 6) is 1.95. The van der Waals surface area contributed by atoms with Crippen molar-refractivity contribution in [3.63, 3.8) is 0 Å². The van der Waals surface area contributed by atoms with Gasteiger partial charge in [0.05, 0.1) is 25.0 Å². The van der Waals surface area contributed by atoms with Gasteiger partial charge >= 0.3 is 0 Å². The van der Waals surface area contributed by atoms with Gasteiger partial charge in [0, 0.05) is 13.0 Å². The maximum absolute atomic E-state index is 13.1.